The van der Waals surface area contributed by atoms with Gasteiger partial charge in [0.05, 0.1) is 23.3 Å². The summed E-state index contributed by atoms with van der Waals surface area (Å²) >= 11 is 1.64. The van der Waals surface area contributed by atoms with Gasteiger partial charge in [0, 0.05) is 11.3 Å². The molecule has 1 heterocycles. The Bertz CT molecular complexity index is 869. The molecule has 25 heavy (non-hydrogen) atoms. The molecular formula is C19H19N3O2S. The first-order chi connectivity index (χ1) is 12.0. The zero-order chi connectivity index (χ0) is 17.8. The Morgan fingerprint density at radius 1 is 1.12 bits per heavy atom. The van der Waals surface area contributed by atoms with E-state index in [0.29, 0.717) is 17.8 Å². The van der Waals surface area contributed by atoms with E-state index in [0.717, 1.165) is 15.2 Å². The summed E-state index contributed by atoms with van der Waals surface area (Å²) in [6, 6.07) is 14.9. The summed E-state index contributed by atoms with van der Waals surface area (Å²) in [6.45, 7) is 2.41. The maximum atomic E-state index is 12.2. The zero-order valence-electron chi connectivity index (χ0n) is 14.2. The number of likely N-dealkylation sites (N-methyl/N-ethyl adjacent to an activating group) is 1. The number of nitrogens with one attached hydrogen (secondary N) is 1. The normalized spacial score (nSPS) is 11.0. The molecule has 0 aliphatic heterocycles. The number of ketones is 1. The van der Waals surface area contributed by atoms with Gasteiger partial charge < -0.3 is 5.32 Å². The lowest BCUT2D eigenvalue weighted by Gasteiger charge is -2.14. The number of carbonyl (C=O) groups is 2. The number of thiazole rings is 1. The largest absolute Gasteiger partial charge is 0.325 e. The number of rotatable bonds is 6. The van der Waals surface area contributed by atoms with Crippen LogP contribution in [0.25, 0.3) is 10.2 Å². The molecule has 0 unspecified atom stereocenters. The molecule has 0 saturated heterocycles. The van der Waals surface area contributed by atoms with Crippen LogP contribution in [0.3, 0.4) is 0 Å². The van der Waals surface area contributed by atoms with Gasteiger partial charge in [-0.05, 0) is 50.4 Å². The van der Waals surface area contributed by atoms with Crippen LogP contribution in [0.1, 0.15) is 22.3 Å². The molecule has 3 rings (SSSR count). The third kappa shape index (κ3) is 4.49. The fraction of sp³-hybridized carbons (Fsp3) is 0.211. The lowest BCUT2D eigenvalue weighted by Crippen LogP contribution is -2.29. The maximum absolute atomic E-state index is 12.2. The highest BCUT2D eigenvalue weighted by Gasteiger charge is 2.11. The lowest BCUT2D eigenvalue weighted by atomic mass is 10.1. The van der Waals surface area contributed by atoms with E-state index in [4.69, 9.17) is 0 Å². The summed E-state index contributed by atoms with van der Waals surface area (Å²) in [5, 5.41) is 3.83. The Kier molecular flexibility index (Phi) is 5.21. The van der Waals surface area contributed by atoms with Gasteiger partial charge in [-0.1, -0.05) is 12.1 Å². The van der Waals surface area contributed by atoms with Crippen molar-refractivity contribution in [2.75, 3.05) is 18.9 Å². The molecule has 0 fully saturated rings. The minimum Gasteiger partial charge on any atom is -0.325 e. The van der Waals surface area contributed by atoms with Crippen LogP contribution >= 0.6 is 11.3 Å². The molecule has 0 saturated carbocycles. The summed E-state index contributed by atoms with van der Waals surface area (Å²) in [5.41, 5.74) is 2.31. The first-order valence-electron chi connectivity index (χ1n) is 7.95. The number of aromatic nitrogens is 1. The van der Waals surface area contributed by atoms with Crippen LogP contribution in [0.15, 0.2) is 48.5 Å². The first kappa shape index (κ1) is 17.3. The van der Waals surface area contributed by atoms with Crippen molar-refractivity contribution in [3.05, 3.63) is 59.1 Å². The van der Waals surface area contributed by atoms with Crippen LogP contribution in [-0.4, -0.2) is 35.2 Å². The van der Waals surface area contributed by atoms with E-state index in [2.05, 4.69) is 10.3 Å². The number of benzene rings is 2. The Morgan fingerprint density at radius 3 is 2.52 bits per heavy atom. The Balaban J connectivity index is 1.55. The van der Waals surface area contributed by atoms with E-state index in [-0.39, 0.29) is 18.2 Å². The second-order valence-electron chi connectivity index (χ2n) is 5.93. The molecule has 0 aliphatic rings. The van der Waals surface area contributed by atoms with Gasteiger partial charge in [-0.3, -0.25) is 14.5 Å². The average molecular weight is 353 g/mol. The van der Waals surface area contributed by atoms with Crippen LogP contribution in [0.5, 0.6) is 0 Å². The minimum absolute atomic E-state index is 0.00782. The lowest BCUT2D eigenvalue weighted by molar-refractivity contribution is -0.117. The molecule has 2 aromatic carbocycles. The Hall–Kier alpha value is -2.57. The van der Waals surface area contributed by atoms with Crippen molar-refractivity contribution in [1.82, 2.24) is 9.88 Å². The maximum Gasteiger partial charge on any atom is 0.238 e. The van der Waals surface area contributed by atoms with Crippen molar-refractivity contribution in [1.29, 1.82) is 0 Å². The van der Waals surface area contributed by atoms with Gasteiger partial charge >= 0.3 is 0 Å². The van der Waals surface area contributed by atoms with Crippen LogP contribution in [0, 0.1) is 0 Å². The van der Waals surface area contributed by atoms with Gasteiger partial charge in [-0.15, -0.1) is 11.3 Å². The van der Waals surface area contributed by atoms with Crippen molar-refractivity contribution < 1.29 is 9.59 Å². The highest BCUT2D eigenvalue weighted by molar-refractivity contribution is 7.18. The highest BCUT2D eigenvalue weighted by Crippen LogP contribution is 2.22. The number of amides is 1. The molecule has 0 radical (unpaired) electrons. The van der Waals surface area contributed by atoms with Gasteiger partial charge in [0.2, 0.25) is 5.91 Å². The van der Waals surface area contributed by atoms with Crippen LogP contribution in [0.4, 0.5) is 5.69 Å². The number of hydrogen-bond donors (Lipinski definition) is 1. The number of nitrogens with zero attached hydrogens (tertiary/aromatic N) is 2. The van der Waals surface area contributed by atoms with Crippen molar-refractivity contribution in [3.8, 4) is 0 Å². The summed E-state index contributed by atoms with van der Waals surface area (Å²) in [6.07, 6.45) is 0. The number of para-hydroxylation sites is 1. The van der Waals surface area contributed by atoms with E-state index in [1.807, 2.05) is 36.2 Å². The third-order valence-electron chi connectivity index (χ3n) is 3.73. The van der Waals surface area contributed by atoms with E-state index < -0.39 is 0 Å². The third-order valence-corrected chi connectivity index (χ3v) is 4.75. The summed E-state index contributed by atoms with van der Waals surface area (Å²) < 4.78 is 1.15. The molecule has 3 aromatic rings. The molecule has 6 heteroatoms. The molecule has 128 valence electrons. The van der Waals surface area contributed by atoms with Crippen LogP contribution in [-0.2, 0) is 11.3 Å². The number of hydrogen-bond acceptors (Lipinski definition) is 5. The van der Waals surface area contributed by atoms with Crippen molar-refractivity contribution >= 4 is 38.9 Å². The SMILES string of the molecule is CC(=O)c1ccc(NC(=O)CN(C)Cc2nc3ccccc3s2)cc1. The quantitative estimate of drug-likeness (QED) is 0.688. The van der Waals surface area contributed by atoms with Gasteiger partial charge in [-0.2, -0.15) is 0 Å². The number of anilines is 1. The molecule has 0 atom stereocenters. The Morgan fingerprint density at radius 2 is 1.84 bits per heavy atom. The summed E-state index contributed by atoms with van der Waals surface area (Å²) in [7, 11) is 1.89. The number of Topliss-reactive ketones (excluding diaryl/α,β-unsaturated/α-hetero) is 1. The Labute approximate surface area is 150 Å². The predicted molar refractivity (Wildman–Crippen MR) is 101 cm³/mol. The van der Waals surface area contributed by atoms with E-state index in [9.17, 15) is 9.59 Å². The highest BCUT2D eigenvalue weighted by atomic mass is 32.1. The molecule has 1 N–H and O–H groups in total. The zero-order valence-corrected chi connectivity index (χ0v) is 15.0. The second kappa shape index (κ2) is 7.55. The number of carbonyl (C=O) groups excluding carboxylic acids is 2. The van der Waals surface area contributed by atoms with E-state index >= 15 is 0 Å². The molecular weight excluding hydrogens is 334 g/mol. The van der Waals surface area contributed by atoms with Crippen molar-refractivity contribution in [2.45, 2.75) is 13.5 Å². The minimum atomic E-state index is -0.0980. The summed E-state index contributed by atoms with van der Waals surface area (Å²) in [4.78, 5) is 29.9. The molecule has 1 amide bonds. The molecule has 0 bridgehead atoms. The van der Waals surface area contributed by atoms with E-state index in [1.54, 1.807) is 35.6 Å². The van der Waals surface area contributed by atoms with Crippen LogP contribution < -0.4 is 5.32 Å². The van der Waals surface area contributed by atoms with Gasteiger partial charge in [0.25, 0.3) is 0 Å². The first-order valence-corrected chi connectivity index (χ1v) is 8.77. The molecule has 0 spiro atoms. The van der Waals surface area contributed by atoms with Crippen molar-refractivity contribution in [2.24, 2.45) is 0 Å². The number of fused-ring (bicyclic) bond motifs is 1. The molecule has 0 aliphatic carbocycles. The van der Waals surface area contributed by atoms with Gasteiger partial charge in [0.1, 0.15) is 5.01 Å². The standard InChI is InChI=1S/C19H19N3O2S/c1-13(23)14-7-9-15(10-8-14)20-18(24)11-22(2)12-19-21-16-5-3-4-6-17(16)25-19/h3-10H,11-12H2,1-2H3,(H,20,24). The average Bonchev–Trinajstić information content (AvgIpc) is 2.97. The monoisotopic (exact) mass is 353 g/mol. The topological polar surface area (TPSA) is 62.3 Å². The van der Waals surface area contributed by atoms with E-state index in [1.165, 1.54) is 6.92 Å². The summed E-state index contributed by atoms with van der Waals surface area (Å²) in [5.74, 6) is -0.0902. The molecule has 5 nitrogen and oxygen atoms in total. The van der Waals surface area contributed by atoms with Gasteiger partial charge in [-0.25, -0.2) is 4.98 Å². The van der Waals surface area contributed by atoms with Gasteiger partial charge in [0.15, 0.2) is 5.78 Å². The van der Waals surface area contributed by atoms with Crippen LogP contribution in [0.2, 0.25) is 0 Å². The smallest absolute Gasteiger partial charge is 0.238 e. The fourth-order valence-corrected chi connectivity index (χ4v) is 3.56. The van der Waals surface area contributed by atoms with Crippen molar-refractivity contribution in [3.63, 3.8) is 0 Å². The molecule has 1 aromatic heterocycles. The predicted octanol–water partition coefficient (Wildman–Crippen LogP) is 3.57. The fourth-order valence-electron chi connectivity index (χ4n) is 2.51. The second-order valence-corrected chi connectivity index (χ2v) is 7.04.